The normalized spacial score (nSPS) is 11.5. The maximum absolute atomic E-state index is 12.5. The Morgan fingerprint density at radius 3 is 2.00 bits per heavy atom. The molecule has 5 nitrogen and oxygen atoms in total. The number of sulfonamides is 1. The fourth-order valence-corrected chi connectivity index (χ4v) is 3.30. The lowest BCUT2D eigenvalue weighted by molar-refractivity contribution is -0.137. The fraction of sp³-hybridized carbons (Fsp3) is 0.133. The summed E-state index contributed by atoms with van der Waals surface area (Å²) in [4.78, 5) is 11.1. The van der Waals surface area contributed by atoms with Crippen LogP contribution in [0, 0.1) is 0 Å². The van der Waals surface area contributed by atoms with Gasteiger partial charge in [0.1, 0.15) is 6.54 Å². The third-order valence-corrected chi connectivity index (χ3v) is 4.70. The molecule has 2 rings (SSSR count). The van der Waals surface area contributed by atoms with Gasteiger partial charge >= 0.3 is 5.97 Å². The lowest BCUT2D eigenvalue weighted by Gasteiger charge is -2.20. The molecule has 0 spiro atoms. The Morgan fingerprint density at radius 2 is 1.48 bits per heavy atom. The van der Waals surface area contributed by atoms with Crippen LogP contribution in [0.4, 0.5) is 0 Å². The van der Waals surface area contributed by atoms with Gasteiger partial charge in [0, 0.05) is 6.54 Å². The molecule has 0 atom stereocenters. The molecule has 0 aromatic heterocycles. The summed E-state index contributed by atoms with van der Waals surface area (Å²) in [6, 6.07) is 16.7. The van der Waals surface area contributed by atoms with Gasteiger partial charge in [-0.25, -0.2) is 8.42 Å². The molecule has 2 aromatic carbocycles. The number of hydrogen-bond donors (Lipinski definition) is 1. The van der Waals surface area contributed by atoms with Gasteiger partial charge in [0.15, 0.2) is 0 Å². The standard InChI is InChI=1S/C15H15NO4S/c17-15(18)12-16(11-13-7-3-1-4-8-13)21(19,20)14-9-5-2-6-10-14/h1-10H,11-12H2,(H,17,18). The molecule has 110 valence electrons. The lowest BCUT2D eigenvalue weighted by Crippen LogP contribution is -2.35. The van der Waals surface area contributed by atoms with E-state index in [2.05, 4.69) is 0 Å². The highest BCUT2D eigenvalue weighted by atomic mass is 32.2. The Balaban J connectivity index is 2.34. The van der Waals surface area contributed by atoms with Gasteiger partial charge in [0.05, 0.1) is 4.90 Å². The van der Waals surface area contributed by atoms with Crippen LogP contribution in [0.15, 0.2) is 65.6 Å². The van der Waals surface area contributed by atoms with Gasteiger partial charge in [0.25, 0.3) is 0 Å². The number of benzene rings is 2. The number of nitrogens with zero attached hydrogens (tertiary/aromatic N) is 1. The van der Waals surface area contributed by atoms with Crippen LogP contribution in [-0.2, 0) is 21.4 Å². The summed E-state index contributed by atoms with van der Waals surface area (Å²) in [5.74, 6) is -1.19. The summed E-state index contributed by atoms with van der Waals surface area (Å²) in [5.41, 5.74) is 0.734. The summed E-state index contributed by atoms with van der Waals surface area (Å²) in [6.07, 6.45) is 0. The van der Waals surface area contributed by atoms with Crippen molar-refractivity contribution in [1.82, 2.24) is 4.31 Å². The van der Waals surface area contributed by atoms with Crippen molar-refractivity contribution >= 4 is 16.0 Å². The van der Waals surface area contributed by atoms with Crippen LogP contribution >= 0.6 is 0 Å². The van der Waals surface area contributed by atoms with E-state index in [0.29, 0.717) is 0 Å². The fourth-order valence-electron chi connectivity index (χ4n) is 1.91. The number of hydrogen-bond acceptors (Lipinski definition) is 3. The van der Waals surface area contributed by atoms with E-state index in [0.717, 1.165) is 9.87 Å². The van der Waals surface area contributed by atoms with Crippen molar-refractivity contribution in [2.75, 3.05) is 6.54 Å². The molecule has 0 fully saturated rings. The van der Waals surface area contributed by atoms with Crippen LogP contribution in [0.1, 0.15) is 5.56 Å². The molecule has 0 bridgehead atoms. The number of rotatable bonds is 6. The molecular weight excluding hydrogens is 290 g/mol. The van der Waals surface area contributed by atoms with Crippen molar-refractivity contribution < 1.29 is 18.3 Å². The van der Waals surface area contributed by atoms with Gasteiger partial charge < -0.3 is 5.11 Å². The molecule has 2 aromatic rings. The third-order valence-electron chi connectivity index (χ3n) is 2.89. The van der Waals surface area contributed by atoms with Crippen LogP contribution in [0.25, 0.3) is 0 Å². The van der Waals surface area contributed by atoms with Crippen LogP contribution in [0.5, 0.6) is 0 Å². The summed E-state index contributed by atoms with van der Waals surface area (Å²) >= 11 is 0. The Hall–Kier alpha value is -2.18. The average molecular weight is 305 g/mol. The van der Waals surface area contributed by atoms with Gasteiger partial charge in [-0.15, -0.1) is 0 Å². The Labute approximate surface area is 123 Å². The first-order valence-electron chi connectivity index (χ1n) is 6.31. The molecular formula is C15H15NO4S. The molecule has 0 saturated heterocycles. The van der Waals surface area contributed by atoms with E-state index in [9.17, 15) is 13.2 Å². The van der Waals surface area contributed by atoms with Crippen molar-refractivity contribution in [3.63, 3.8) is 0 Å². The van der Waals surface area contributed by atoms with Crippen LogP contribution < -0.4 is 0 Å². The van der Waals surface area contributed by atoms with Crippen LogP contribution in [0.3, 0.4) is 0 Å². The topological polar surface area (TPSA) is 74.7 Å². The number of carboxylic acid groups (broad SMARTS) is 1. The second-order valence-corrected chi connectivity index (χ2v) is 6.40. The maximum atomic E-state index is 12.5. The molecule has 0 radical (unpaired) electrons. The Bertz CT molecular complexity index is 699. The number of carbonyl (C=O) groups is 1. The monoisotopic (exact) mass is 305 g/mol. The molecule has 0 aliphatic carbocycles. The summed E-state index contributed by atoms with van der Waals surface area (Å²) < 4.78 is 26.0. The zero-order valence-electron chi connectivity index (χ0n) is 11.2. The predicted molar refractivity (Wildman–Crippen MR) is 78.1 cm³/mol. The molecule has 21 heavy (non-hydrogen) atoms. The molecule has 0 aliphatic rings. The molecule has 6 heteroatoms. The second kappa shape index (κ2) is 6.51. The van der Waals surface area contributed by atoms with E-state index in [-0.39, 0.29) is 11.4 Å². The van der Waals surface area contributed by atoms with Crippen LogP contribution in [0.2, 0.25) is 0 Å². The highest BCUT2D eigenvalue weighted by Crippen LogP contribution is 2.17. The zero-order valence-corrected chi connectivity index (χ0v) is 12.0. The van der Waals surface area contributed by atoms with E-state index in [4.69, 9.17) is 5.11 Å². The quantitative estimate of drug-likeness (QED) is 0.885. The first kappa shape index (κ1) is 15.2. The van der Waals surface area contributed by atoms with Gasteiger partial charge in [-0.2, -0.15) is 4.31 Å². The predicted octanol–water partition coefficient (Wildman–Crippen LogP) is 1.96. The maximum Gasteiger partial charge on any atom is 0.318 e. The second-order valence-electron chi connectivity index (χ2n) is 4.47. The van der Waals surface area contributed by atoms with Gasteiger partial charge in [-0.1, -0.05) is 48.5 Å². The van der Waals surface area contributed by atoms with E-state index in [1.807, 2.05) is 6.07 Å². The van der Waals surface area contributed by atoms with Crippen molar-refractivity contribution in [2.24, 2.45) is 0 Å². The van der Waals surface area contributed by atoms with Crippen molar-refractivity contribution in [2.45, 2.75) is 11.4 Å². The number of carboxylic acids is 1. The lowest BCUT2D eigenvalue weighted by atomic mass is 10.2. The number of aliphatic carboxylic acids is 1. The largest absolute Gasteiger partial charge is 0.480 e. The molecule has 0 amide bonds. The third kappa shape index (κ3) is 3.90. The van der Waals surface area contributed by atoms with E-state index < -0.39 is 22.5 Å². The zero-order chi connectivity index (χ0) is 15.3. The molecule has 1 N–H and O–H groups in total. The van der Waals surface area contributed by atoms with Crippen molar-refractivity contribution in [1.29, 1.82) is 0 Å². The van der Waals surface area contributed by atoms with E-state index in [1.165, 1.54) is 12.1 Å². The first-order valence-corrected chi connectivity index (χ1v) is 7.75. The Morgan fingerprint density at radius 1 is 0.952 bits per heavy atom. The van der Waals surface area contributed by atoms with Crippen molar-refractivity contribution in [3.05, 3.63) is 66.2 Å². The highest BCUT2D eigenvalue weighted by Gasteiger charge is 2.26. The molecule has 0 heterocycles. The first-order chi connectivity index (χ1) is 10.00. The minimum Gasteiger partial charge on any atom is -0.480 e. The summed E-state index contributed by atoms with van der Waals surface area (Å²) in [7, 11) is -3.84. The molecule has 0 aliphatic heterocycles. The van der Waals surface area contributed by atoms with Gasteiger partial charge in [0.2, 0.25) is 10.0 Å². The van der Waals surface area contributed by atoms with Crippen molar-refractivity contribution in [3.8, 4) is 0 Å². The summed E-state index contributed by atoms with van der Waals surface area (Å²) in [5, 5.41) is 8.97. The summed E-state index contributed by atoms with van der Waals surface area (Å²) in [6.45, 7) is -0.559. The smallest absolute Gasteiger partial charge is 0.318 e. The minimum atomic E-state index is -3.84. The SMILES string of the molecule is O=C(O)CN(Cc1ccccc1)S(=O)(=O)c1ccccc1. The van der Waals surface area contributed by atoms with Gasteiger partial charge in [-0.05, 0) is 17.7 Å². The van der Waals surface area contributed by atoms with E-state index in [1.54, 1.807) is 42.5 Å². The molecule has 0 unspecified atom stereocenters. The Kier molecular flexibility index (Phi) is 4.72. The van der Waals surface area contributed by atoms with Gasteiger partial charge in [-0.3, -0.25) is 4.79 Å². The molecule has 0 saturated carbocycles. The van der Waals surface area contributed by atoms with E-state index >= 15 is 0 Å². The minimum absolute atomic E-state index is 0.0182. The highest BCUT2D eigenvalue weighted by molar-refractivity contribution is 7.89. The average Bonchev–Trinajstić information content (AvgIpc) is 2.48. The van der Waals surface area contributed by atoms with Crippen LogP contribution in [-0.4, -0.2) is 30.3 Å².